The molecule has 4 rings (SSSR count). The van der Waals surface area contributed by atoms with Gasteiger partial charge in [0.15, 0.2) is 0 Å². The van der Waals surface area contributed by atoms with E-state index in [4.69, 9.17) is 16.3 Å². The van der Waals surface area contributed by atoms with Crippen LogP contribution < -0.4 is 15.5 Å². The van der Waals surface area contributed by atoms with E-state index in [9.17, 15) is 9.59 Å². The summed E-state index contributed by atoms with van der Waals surface area (Å²) in [5.41, 5.74) is 5.46. The number of nitrogens with zero attached hydrogens (tertiary/aromatic N) is 2. The Bertz CT molecular complexity index is 1110. The molecular weight excluding hydrogens is 464 g/mol. The van der Waals surface area contributed by atoms with Crippen LogP contribution in [0.15, 0.2) is 53.7 Å². The molecule has 2 N–H and O–H groups in total. The van der Waals surface area contributed by atoms with Crippen molar-refractivity contribution in [2.24, 2.45) is 0 Å². The van der Waals surface area contributed by atoms with Gasteiger partial charge < -0.3 is 20.3 Å². The highest BCUT2D eigenvalue weighted by molar-refractivity contribution is 6.30. The molecule has 2 aromatic carbocycles. The third-order valence-corrected chi connectivity index (χ3v) is 6.87. The van der Waals surface area contributed by atoms with Gasteiger partial charge in [-0.1, -0.05) is 48.9 Å². The number of ether oxygens (including phenoxy) is 1. The Kier molecular flexibility index (Phi) is 7.98. The van der Waals surface area contributed by atoms with Crippen LogP contribution in [-0.2, 0) is 16.0 Å². The number of hydrogen-bond acceptors (Lipinski definition) is 5. The average molecular weight is 497 g/mol. The van der Waals surface area contributed by atoms with E-state index in [-0.39, 0.29) is 12.6 Å². The van der Waals surface area contributed by atoms with Crippen LogP contribution in [0.4, 0.5) is 10.5 Å². The van der Waals surface area contributed by atoms with Crippen LogP contribution in [-0.4, -0.2) is 56.2 Å². The molecule has 1 fully saturated rings. The minimum Gasteiger partial charge on any atom is -0.463 e. The minimum absolute atomic E-state index is 0.267. The Morgan fingerprint density at radius 3 is 2.46 bits per heavy atom. The first kappa shape index (κ1) is 25.1. The highest BCUT2D eigenvalue weighted by atomic mass is 35.5. The lowest BCUT2D eigenvalue weighted by Gasteiger charge is -2.38. The molecule has 0 aromatic heterocycles. The molecule has 2 aliphatic heterocycles. The number of hydrogen-bond donors (Lipinski definition) is 2. The molecule has 0 saturated carbocycles. The van der Waals surface area contributed by atoms with Crippen molar-refractivity contribution < 1.29 is 14.3 Å². The summed E-state index contributed by atoms with van der Waals surface area (Å²) in [6, 6.07) is 13.1. The first-order chi connectivity index (χ1) is 16.9. The minimum atomic E-state index is -0.556. The van der Waals surface area contributed by atoms with Crippen molar-refractivity contribution in [1.82, 2.24) is 15.5 Å². The van der Waals surface area contributed by atoms with Gasteiger partial charge in [-0.25, -0.2) is 9.59 Å². The number of aryl methyl sites for hydroxylation is 2. The van der Waals surface area contributed by atoms with Crippen LogP contribution >= 0.6 is 11.6 Å². The van der Waals surface area contributed by atoms with Gasteiger partial charge in [0.2, 0.25) is 0 Å². The average Bonchev–Trinajstić information content (AvgIpc) is 2.86. The lowest BCUT2D eigenvalue weighted by molar-refractivity contribution is -0.139. The second-order valence-electron chi connectivity index (χ2n) is 8.93. The smallest absolute Gasteiger partial charge is 0.338 e. The SMILES string of the molecule is CCOC(=O)C1=C(CN2CCN(c3cc(Cl)ccc3C)CC2)NC(=O)N[C@@H]1c1ccc(CC)cc1. The van der Waals surface area contributed by atoms with E-state index in [1.165, 1.54) is 11.1 Å². The zero-order chi connectivity index (χ0) is 24.9. The molecule has 186 valence electrons. The maximum atomic E-state index is 13.1. The van der Waals surface area contributed by atoms with E-state index in [1.807, 2.05) is 42.5 Å². The number of halogens is 1. The molecule has 35 heavy (non-hydrogen) atoms. The maximum Gasteiger partial charge on any atom is 0.338 e. The van der Waals surface area contributed by atoms with Gasteiger partial charge >= 0.3 is 12.0 Å². The summed E-state index contributed by atoms with van der Waals surface area (Å²) < 4.78 is 5.40. The van der Waals surface area contributed by atoms with Gasteiger partial charge in [0, 0.05) is 49.1 Å². The van der Waals surface area contributed by atoms with E-state index in [0.717, 1.165) is 48.9 Å². The molecule has 8 heteroatoms. The van der Waals surface area contributed by atoms with Crippen molar-refractivity contribution in [2.75, 3.05) is 44.2 Å². The molecule has 2 heterocycles. The normalized spacial score (nSPS) is 18.8. The van der Waals surface area contributed by atoms with Gasteiger partial charge in [0.05, 0.1) is 18.2 Å². The Morgan fingerprint density at radius 2 is 1.80 bits per heavy atom. The standard InChI is InChI=1S/C27H33ClN4O3/c1-4-19-7-9-20(10-8-19)25-24(26(33)35-5-2)22(29-27(34)30-25)17-31-12-14-32(15-13-31)23-16-21(28)11-6-18(23)3/h6-11,16,25H,4-5,12-15,17H2,1-3H3,(H2,29,30,34)/t25-/m1/s1. The van der Waals surface area contributed by atoms with Crippen molar-refractivity contribution in [2.45, 2.75) is 33.2 Å². The van der Waals surface area contributed by atoms with Crippen LogP contribution in [0, 0.1) is 6.92 Å². The second kappa shape index (κ2) is 11.1. The molecule has 0 unspecified atom stereocenters. The van der Waals surface area contributed by atoms with Crippen LogP contribution in [0.3, 0.4) is 0 Å². The first-order valence-electron chi connectivity index (χ1n) is 12.2. The third kappa shape index (κ3) is 5.80. The maximum absolute atomic E-state index is 13.1. The van der Waals surface area contributed by atoms with Crippen molar-refractivity contribution >= 4 is 29.3 Å². The highest BCUT2D eigenvalue weighted by Crippen LogP contribution is 2.29. The number of urea groups is 1. The molecule has 0 radical (unpaired) electrons. The van der Waals surface area contributed by atoms with Gasteiger partial charge in [-0.2, -0.15) is 0 Å². The number of rotatable bonds is 7. The van der Waals surface area contributed by atoms with Crippen molar-refractivity contribution in [3.05, 3.63) is 75.4 Å². The van der Waals surface area contributed by atoms with Crippen LogP contribution in [0.25, 0.3) is 0 Å². The molecule has 1 atom stereocenters. The van der Waals surface area contributed by atoms with Crippen molar-refractivity contribution in [1.29, 1.82) is 0 Å². The summed E-state index contributed by atoms with van der Waals surface area (Å²) >= 11 is 6.23. The molecule has 1 saturated heterocycles. The molecule has 2 amide bonds. The molecule has 7 nitrogen and oxygen atoms in total. The summed E-state index contributed by atoms with van der Waals surface area (Å²) in [5.74, 6) is -0.409. The van der Waals surface area contributed by atoms with Gasteiger partial charge in [-0.3, -0.25) is 4.90 Å². The molecule has 0 spiro atoms. The quantitative estimate of drug-likeness (QED) is 0.562. The van der Waals surface area contributed by atoms with Crippen LogP contribution in [0.5, 0.6) is 0 Å². The van der Waals surface area contributed by atoms with E-state index >= 15 is 0 Å². The van der Waals surface area contributed by atoms with Gasteiger partial charge in [0.25, 0.3) is 0 Å². The van der Waals surface area contributed by atoms with E-state index in [1.54, 1.807) is 6.92 Å². The number of benzene rings is 2. The summed E-state index contributed by atoms with van der Waals surface area (Å²) in [5, 5.41) is 6.54. The van der Waals surface area contributed by atoms with E-state index in [0.29, 0.717) is 17.8 Å². The number of esters is 1. The van der Waals surface area contributed by atoms with Gasteiger partial charge in [-0.15, -0.1) is 0 Å². The summed E-state index contributed by atoms with van der Waals surface area (Å²) in [6.07, 6.45) is 0.922. The second-order valence-corrected chi connectivity index (χ2v) is 9.37. The van der Waals surface area contributed by atoms with Crippen molar-refractivity contribution in [3.8, 4) is 0 Å². The fourth-order valence-electron chi connectivity index (χ4n) is 4.68. The summed E-state index contributed by atoms with van der Waals surface area (Å²) in [7, 11) is 0. The van der Waals surface area contributed by atoms with E-state index in [2.05, 4.69) is 34.3 Å². The fraction of sp³-hybridized carbons (Fsp3) is 0.407. The Morgan fingerprint density at radius 1 is 1.09 bits per heavy atom. The largest absolute Gasteiger partial charge is 0.463 e. The predicted octanol–water partition coefficient (Wildman–Crippen LogP) is 4.20. The number of piperazine rings is 1. The molecule has 2 aliphatic rings. The highest BCUT2D eigenvalue weighted by Gasteiger charge is 2.34. The number of carbonyl (C=O) groups is 2. The number of nitrogens with one attached hydrogen (secondary N) is 2. The fourth-order valence-corrected chi connectivity index (χ4v) is 4.85. The lowest BCUT2D eigenvalue weighted by atomic mass is 9.94. The summed E-state index contributed by atoms with van der Waals surface area (Å²) in [4.78, 5) is 30.3. The summed E-state index contributed by atoms with van der Waals surface area (Å²) in [6.45, 7) is 9.96. The topological polar surface area (TPSA) is 73.9 Å². The number of carbonyl (C=O) groups excluding carboxylic acids is 2. The first-order valence-corrected chi connectivity index (χ1v) is 12.6. The zero-order valence-corrected chi connectivity index (χ0v) is 21.3. The Hall–Kier alpha value is -3.03. The molecular formula is C27H33ClN4O3. The Balaban J connectivity index is 1.56. The monoisotopic (exact) mass is 496 g/mol. The van der Waals surface area contributed by atoms with Crippen LogP contribution in [0.2, 0.25) is 5.02 Å². The lowest BCUT2D eigenvalue weighted by Crippen LogP contribution is -2.52. The predicted molar refractivity (Wildman–Crippen MR) is 139 cm³/mol. The van der Waals surface area contributed by atoms with Gasteiger partial charge in [-0.05, 0) is 49.1 Å². The molecule has 0 bridgehead atoms. The zero-order valence-electron chi connectivity index (χ0n) is 20.6. The number of anilines is 1. The van der Waals surface area contributed by atoms with Gasteiger partial charge in [0.1, 0.15) is 0 Å². The molecule has 2 aromatic rings. The van der Waals surface area contributed by atoms with Crippen molar-refractivity contribution in [3.63, 3.8) is 0 Å². The number of amides is 2. The van der Waals surface area contributed by atoms with E-state index < -0.39 is 12.0 Å². The third-order valence-electron chi connectivity index (χ3n) is 6.64. The molecule has 0 aliphatic carbocycles. The Labute approximate surface area is 212 Å². The van der Waals surface area contributed by atoms with Crippen LogP contribution in [0.1, 0.15) is 36.6 Å².